The maximum absolute atomic E-state index is 6.06. The summed E-state index contributed by atoms with van der Waals surface area (Å²) in [6.45, 7) is 5.68. The molecule has 0 aromatic carbocycles. The molecule has 2 aliphatic carbocycles. The van der Waals surface area contributed by atoms with Crippen molar-refractivity contribution in [3.8, 4) is 0 Å². The first-order valence-corrected chi connectivity index (χ1v) is 6.19. The third kappa shape index (κ3) is 1.17. The van der Waals surface area contributed by atoms with Crippen LogP contribution in [0.15, 0.2) is 0 Å². The van der Waals surface area contributed by atoms with Crippen molar-refractivity contribution in [3.63, 3.8) is 0 Å². The summed E-state index contributed by atoms with van der Waals surface area (Å²) < 4.78 is 6.06. The molecule has 3 rings (SSSR count). The van der Waals surface area contributed by atoms with E-state index >= 15 is 0 Å². The van der Waals surface area contributed by atoms with Crippen molar-refractivity contribution in [2.24, 2.45) is 17.3 Å². The van der Waals surface area contributed by atoms with E-state index in [1.165, 1.54) is 38.8 Å². The van der Waals surface area contributed by atoms with E-state index in [9.17, 15) is 0 Å². The smallest absolute Gasteiger partial charge is 0.0661 e. The summed E-state index contributed by atoms with van der Waals surface area (Å²) in [7, 11) is 0. The van der Waals surface area contributed by atoms with E-state index in [4.69, 9.17) is 4.74 Å². The summed E-state index contributed by atoms with van der Waals surface area (Å²) in [5.41, 5.74) is 0.582. The molecule has 0 aromatic rings. The Balaban J connectivity index is 1.58. The van der Waals surface area contributed by atoms with E-state index in [0.717, 1.165) is 18.4 Å². The molecule has 3 aliphatic rings. The second kappa shape index (κ2) is 3.21. The van der Waals surface area contributed by atoms with Gasteiger partial charge in [0.25, 0.3) is 0 Å². The highest BCUT2D eigenvalue weighted by atomic mass is 16.5. The van der Waals surface area contributed by atoms with Crippen LogP contribution in [0.5, 0.6) is 0 Å². The van der Waals surface area contributed by atoms with Crippen LogP contribution in [-0.2, 0) is 4.74 Å². The minimum Gasteiger partial charge on any atom is -0.378 e. The normalized spacial score (nSPS) is 42.2. The average molecular weight is 195 g/mol. The Kier molecular flexibility index (Phi) is 2.10. The van der Waals surface area contributed by atoms with Crippen molar-refractivity contribution in [1.82, 2.24) is 5.32 Å². The maximum Gasteiger partial charge on any atom is 0.0661 e. The standard InChI is InChI=1S/C12H21NO/c1-2-3-4-14-11-6-9-5-10(9)12(11)7-13-8-12/h9-11,13H,2-8H2,1H3. The molecule has 1 aliphatic heterocycles. The van der Waals surface area contributed by atoms with Gasteiger partial charge in [-0.25, -0.2) is 0 Å². The van der Waals surface area contributed by atoms with Crippen LogP contribution in [0.4, 0.5) is 0 Å². The number of unbranched alkanes of at least 4 members (excludes halogenated alkanes) is 1. The summed E-state index contributed by atoms with van der Waals surface area (Å²) >= 11 is 0. The molecule has 2 nitrogen and oxygen atoms in total. The molecule has 1 spiro atoms. The first-order chi connectivity index (χ1) is 6.87. The van der Waals surface area contributed by atoms with Crippen molar-refractivity contribution < 1.29 is 4.74 Å². The molecule has 0 bridgehead atoms. The van der Waals surface area contributed by atoms with Gasteiger partial charge < -0.3 is 10.1 Å². The number of hydrogen-bond donors (Lipinski definition) is 1. The summed E-state index contributed by atoms with van der Waals surface area (Å²) in [4.78, 5) is 0. The maximum atomic E-state index is 6.06. The van der Waals surface area contributed by atoms with Crippen LogP contribution in [-0.4, -0.2) is 25.8 Å². The summed E-state index contributed by atoms with van der Waals surface area (Å²) in [6.07, 6.45) is 5.94. The Hall–Kier alpha value is -0.0800. The highest BCUT2D eigenvalue weighted by molar-refractivity contribution is 5.17. The van der Waals surface area contributed by atoms with E-state index in [-0.39, 0.29) is 0 Å². The Morgan fingerprint density at radius 2 is 2.21 bits per heavy atom. The van der Waals surface area contributed by atoms with Gasteiger partial charge in [-0.1, -0.05) is 13.3 Å². The van der Waals surface area contributed by atoms with Crippen LogP contribution >= 0.6 is 0 Å². The van der Waals surface area contributed by atoms with Crippen LogP contribution in [0.2, 0.25) is 0 Å². The summed E-state index contributed by atoms with van der Waals surface area (Å²) in [5, 5.41) is 3.44. The molecule has 2 saturated carbocycles. The molecule has 3 fully saturated rings. The van der Waals surface area contributed by atoms with Crippen molar-refractivity contribution in [3.05, 3.63) is 0 Å². The third-order valence-corrected chi connectivity index (χ3v) is 4.54. The van der Waals surface area contributed by atoms with Gasteiger partial charge >= 0.3 is 0 Å². The lowest BCUT2D eigenvalue weighted by molar-refractivity contribution is -0.0634. The molecule has 1 heterocycles. The minimum atomic E-state index is 0.582. The lowest BCUT2D eigenvalue weighted by Crippen LogP contribution is -2.60. The molecule has 14 heavy (non-hydrogen) atoms. The second-order valence-electron chi connectivity index (χ2n) is 5.39. The second-order valence-corrected chi connectivity index (χ2v) is 5.39. The Labute approximate surface area is 86.4 Å². The lowest BCUT2D eigenvalue weighted by atomic mass is 9.75. The number of rotatable bonds is 4. The fourth-order valence-corrected chi connectivity index (χ4v) is 3.47. The van der Waals surface area contributed by atoms with Gasteiger partial charge in [-0.3, -0.25) is 0 Å². The summed E-state index contributed by atoms with van der Waals surface area (Å²) in [5.74, 6) is 2.05. The monoisotopic (exact) mass is 195 g/mol. The molecule has 2 heteroatoms. The quantitative estimate of drug-likeness (QED) is 0.691. The average Bonchev–Trinajstić information content (AvgIpc) is 2.78. The molecule has 1 N–H and O–H groups in total. The van der Waals surface area contributed by atoms with Gasteiger partial charge in [0, 0.05) is 25.1 Å². The first kappa shape index (κ1) is 9.17. The van der Waals surface area contributed by atoms with Crippen molar-refractivity contribution >= 4 is 0 Å². The van der Waals surface area contributed by atoms with Crippen LogP contribution < -0.4 is 5.32 Å². The molecular weight excluding hydrogens is 174 g/mol. The molecule has 1 saturated heterocycles. The molecule has 3 unspecified atom stereocenters. The third-order valence-electron chi connectivity index (χ3n) is 4.54. The zero-order valence-electron chi connectivity index (χ0n) is 9.09. The van der Waals surface area contributed by atoms with E-state index in [1.807, 2.05) is 0 Å². The molecule has 3 atom stereocenters. The van der Waals surface area contributed by atoms with Crippen LogP contribution in [0, 0.1) is 17.3 Å². The zero-order valence-corrected chi connectivity index (χ0v) is 9.09. The van der Waals surface area contributed by atoms with Gasteiger partial charge in [0.2, 0.25) is 0 Å². The van der Waals surface area contributed by atoms with Gasteiger partial charge in [-0.15, -0.1) is 0 Å². The predicted molar refractivity (Wildman–Crippen MR) is 56.2 cm³/mol. The van der Waals surface area contributed by atoms with Crippen LogP contribution in [0.3, 0.4) is 0 Å². The number of nitrogens with one attached hydrogen (secondary N) is 1. The fourth-order valence-electron chi connectivity index (χ4n) is 3.47. The molecule has 80 valence electrons. The van der Waals surface area contributed by atoms with E-state index in [1.54, 1.807) is 0 Å². The molecule has 0 aromatic heterocycles. The molecule has 0 amide bonds. The largest absolute Gasteiger partial charge is 0.378 e. The van der Waals surface area contributed by atoms with E-state index in [0.29, 0.717) is 11.5 Å². The highest BCUT2D eigenvalue weighted by Crippen LogP contribution is 2.64. The number of fused-ring (bicyclic) bond motifs is 2. The SMILES string of the molecule is CCCCOC1CC2CC2C12CNC2. The van der Waals surface area contributed by atoms with Gasteiger partial charge in [-0.2, -0.15) is 0 Å². The van der Waals surface area contributed by atoms with Gasteiger partial charge in [-0.05, 0) is 31.1 Å². The summed E-state index contributed by atoms with van der Waals surface area (Å²) in [6, 6.07) is 0. The molecule has 0 radical (unpaired) electrons. The van der Waals surface area contributed by atoms with Gasteiger partial charge in [0.15, 0.2) is 0 Å². The predicted octanol–water partition coefficient (Wildman–Crippen LogP) is 1.80. The number of hydrogen-bond acceptors (Lipinski definition) is 2. The van der Waals surface area contributed by atoms with Crippen molar-refractivity contribution in [1.29, 1.82) is 0 Å². The van der Waals surface area contributed by atoms with Crippen LogP contribution in [0.1, 0.15) is 32.6 Å². The highest BCUT2D eigenvalue weighted by Gasteiger charge is 2.65. The fraction of sp³-hybridized carbons (Fsp3) is 1.00. The molecular formula is C12H21NO. The van der Waals surface area contributed by atoms with Crippen LogP contribution in [0.25, 0.3) is 0 Å². The van der Waals surface area contributed by atoms with Gasteiger partial charge in [0.05, 0.1) is 6.10 Å². The topological polar surface area (TPSA) is 21.3 Å². The van der Waals surface area contributed by atoms with E-state index < -0.39 is 0 Å². The van der Waals surface area contributed by atoms with Crippen molar-refractivity contribution in [2.45, 2.75) is 38.7 Å². The Morgan fingerprint density at radius 1 is 1.36 bits per heavy atom. The lowest BCUT2D eigenvalue weighted by Gasteiger charge is -2.46. The van der Waals surface area contributed by atoms with Crippen molar-refractivity contribution in [2.75, 3.05) is 19.7 Å². The first-order valence-electron chi connectivity index (χ1n) is 6.19. The minimum absolute atomic E-state index is 0.582. The Bertz CT molecular complexity index is 224. The van der Waals surface area contributed by atoms with E-state index in [2.05, 4.69) is 12.2 Å². The number of ether oxygens (including phenoxy) is 1. The zero-order chi connectivity index (χ0) is 9.60. The van der Waals surface area contributed by atoms with Gasteiger partial charge in [0.1, 0.15) is 0 Å². The Morgan fingerprint density at radius 3 is 2.86 bits per heavy atom.